The summed E-state index contributed by atoms with van der Waals surface area (Å²) in [7, 11) is 0. The van der Waals surface area contributed by atoms with Crippen LogP contribution in [0.15, 0.2) is 36.7 Å². The summed E-state index contributed by atoms with van der Waals surface area (Å²) in [6.45, 7) is 4.43. The van der Waals surface area contributed by atoms with Crippen LogP contribution in [0.3, 0.4) is 0 Å². The van der Waals surface area contributed by atoms with E-state index in [-0.39, 0.29) is 0 Å². The normalized spacial score (nSPS) is 26.8. The fourth-order valence-corrected chi connectivity index (χ4v) is 4.82. The van der Waals surface area contributed by atoms with Crippen molar-refractivity contribution in [3.63, 3.8) is 0 Å². The van der Waals surface area contributed by atoms with Crippen molar-refractivity contribution < 1.29 is 0 Å². The van der Waals surface area contributed by atoms with Gasteiger partial charge in [-0.2, -0.15) is 5.10 Å². The van der Waals surface area contributed by atoms with E-state index in [4.69, 9.17) is 5.73 Å². The molecule has 1 aliphatic heterocycles. The minimum atomic E-state index is 0.441. The Morgan fingerprint density at radius 2 is 1.81 bits per heavy atom. The topological polar surface area (TPSA) is 47.1 Å². The molecule has 2 fully saturated rings. The molecule has 2 N–H and O–H groups in total. The first-order valence-electron chi connectivity index (χ1n) is 10.3. The quantitative estimate of drug-likeness (QED) is 0.892. The van der Waals surface area contributed by atoms with Gasteiger partial charge in [0.1, 0.15) is 0 Å². The fourth-order valence-electron chi connectivity index (χ4n) is 4.82. The van der Waals surface area contributed by atoms with Gasteiger partial charge in [0.25, 0.3) is 0 Å². The summed E-state index contributed by atoms with van der Waals surface area (Å²) in [6.07, 6.45) is 13.2. The van der Waals surface area contributed by atoms with Crippen molar-refractivity contribution >= 4 is 5.69 Å². The van der Waals surface area contributed by atoms with Gasteiger partial charge >= 0.3 is 0 Å². The molecule has 140 valence electrons. The molecule has 0 unspecified atom stereocenters. The summed E-state index contributed by atoms with van der Waals surface area (Å²) < 4.78 is 1.95. The Balaban J connectivity index is 1.39. The second-order valence-electron chi connectivity index (χ2n) is 8.38. The first kappa shape index (κ1) is 17.6. The predicted octanol–water partition coefficient (Wildman–Crippen LogP) is 4.30. The van der Waals surface area contributed by atoms with Crippen LogP contribution in [-0.2, 0) is 0 Å². The summed E-state index contributed by atoms with van der Waals surface area (Å²) in [6, 6.07) is 9.31. The maximum atomic E-state index is 6.39. The van der Waals surface area contributed by atoms with E-state index in [1.54, 1.807) is 0 Å². The van der Waals surface area contributed by atoms with Crippen molar-refractivity contribution in [3.8, 4) is 5.69 Å². The van der Waals surface area contributed by atoms with Gasteiger partial charge in [-0.25, -0.2) is 4.68 Å². The predicted molar refractivity (Wildman–Crippen MR) is 108 cm³/mol. The minimum absolute atomic E-state index is 0.441. The van der Waals surface area contributed by atoms with E-state index in [9.17, 15) is 0 Å². The molecule has 1 aliphatic carbocycles. The van der Waals surface area contributed by atoms with Gasteiger partial charge in [0, 0.05) is 31.0 Å². The Kier molecular flexibility index (Phi) is 5.30. The monoisotopic (exact) mass is 352 g/mol. The second kappa shape index (κ2) is 7.83. The standard InChI is InChI=1S/C22H32N4/c1-17-14-24-26(15-17)21-10-8-20(9-11-21)25-12-4-5-18(16-25)13-19-6-2-3-7-22(19)23/h8-11,14-15,18-19,22H,2-7,12-13,16,23H2,1H3/t18-,19+,22-/m1/s1. The Bertz CT molecular complexity index is 705. The third kappa shape index (κ3) is 3.96. The van der Waals surface area contributed by atoms with Crippen LogP contribution in [0.4, 0.5) is 5.69 Å². The molecule has 2 aliphatic rings. The molecule has 1 saturated heterocycles. The van der Waals surface area contributed by atoms with Crippen LogP contribution < -0.4 is 10.6 Å². The molecule has 0 radical (unpaired) electrons. The van der Waals surface area contributed by atoms with Crippen molar-refractivity contribution in [2.75, 3.05) is 18.0 Å². The zero-order valence-corrected chi connectivity index (χ0v) is 16.0. The molecule has 4 rings (SSSR count). The molecule has 0 bridgehead atoms. The maximum absolute atomic E-state index is 6.39. The number of hydrogen-bond acceptors (Lipinski definition) is 3. The first-order valence-corrected chi connectivity index (χ1v) is 10.3. The smallest absolute Gasteiger partial charge is 0.0647 e. The minimum Gasteiger partial charge on any atom is -0.371 e. The van der Waals surface area contributed by atoms with Crippen molar-refractivity contribution in [1.82, 2.24) is 9.78 Å². The number of nitrogens with two attached hydrogens (primary N) is 1. The molecule has 0 amide bonds. The fraction of sp³-hybridized carbons (Fsp3) is 0.591. The van der Waals surface area contributed by atoms with Crippen LogP contribution in [-0.4, -0.2) is 28.9 Å². The maximum Gasteiger partial charge on any atom is 0.0647 e. The molecular formula is C22H32N4. The summed E-state index contributed by atoms with van der Waals surface area (Å²) in [5.41, 5.74) is 10.1. The first-order chi connectivity index (χ1) is 12.7. The lowest BCUT2D eigenvalue weighted by molar-refractivity contribution is 0.237. The highest BCUT2D eigenvalue weighted by Gasteiger charge is 2.28. The van der Waals surface area contributed by atoms with Crippen molar-refractivity contribution in [2.24, 2.45) is 17.6 Å². The van der Waals surface area contributed by atoms with Crippen molar-refractivity contribution in [3.05, 3.63) is 42.2 Å². The number of aromatic nitrogens is 2. The van der Waals surface area contributed by atoms with Gasteiger partial charge in [-0.1, -0.05) is 12.8 Å². The molecule has 26 heavy (non-hydrogen) atoms. The molecule has 3 atom stereocenters. The van der Waals surface area contributed by atoms with Gasteiger partial charge in [0.05, 0.1) is 11.9 Å². The Hall–Kier alpha value is -1.81. The van der Waals surface area contributed by atoms with E-state index in [0.717, 1.165) is 17.5 Å². The number of anilines is 1. The molecular weight excluding hydrogens is 320 g/mol. The van der Waals surface area contributed by atoms with Crippen LogP contribution in [0.25, 0.3) is 5.69 Å². The van der Waals surface area contributed by atoms with Gasteiger partial charge in [0.2, 0.25) is 0 Å². The molecule has 4 nitrogen and oxygen atoms in total. The SMILES string of the molecule is Cc1cnn(-c2ccc(N3CCC[C@H](C[C@@H]4CCCC[C@H]4N)C3)cc2)c1. The molecule has 0 spiro atoms. The van der Waals surface area contributed by atoms with Gasteiger partial charge < -0.3 is 10.6 Å². The summed E-state index contributed by atoms with van der Waals surface area (Å²) >= 11 is 0. The van der Waals surface area contributed by atoms with E-state index in [1.165, 1.54) is 69.3 Å². The van der Waals surface area contributed by atoms with Crippen LogP contribution >= 0.6 is 0 Å². The molecule has 1 saturated carbocycles. The Morgan fingerprint density at radius 1 is 1.04 bits per heavy atom. The van der Waals surface area contributed by atoms with Crippen LogP contribution in [0.1, 0.15) is 50.5 Å². The average molecular weight is 353 g/mol. The lowest BCUT2D eigenvalue weighted by atomic mass is 9.77. The van der Waals surface area contributed by atoms with Gasteiger partial charge in [-0.05, 0) is 80.7 Å². The number of hydrogen-bond donors (Lipinski definition) is 1. The molecule has 1 aromatic heterocycles. The third-order valence-electron chi connectivity index (χ3n) is 6.31. The summed E-state index contributed by atoms with van der Waals surface area (Å²) in [4.78, 5) is 2.57. The van der Waals surface area contributed by atoms with Gasteiger partial charge in [-0.3, -0.25) is 0 Å². The highest BCUT2D eigenvalue weighted by Crippen LogP contribution is 2.33. The van der Waals surface area contributed by atoms with E-state index in [2.05, 4.69) is 47.4 Å². The average Bonchev–Trinajstić information content (AvgIpc) is 3.10. The van der Waals surface area contributed by atoms with E-state index in [0.29, 0.717) is 6.04 Å². The van der Waals surface area contributed by atoms with E-state index < -0.39 is 0 Å². The zero-order chi connectivity index (χ0) is 17.9. The largest absolute Gasteiger partial charge is 0.371 e. The second-order valence-corrected chi connectivity index (χ2v) is 8.38. The molecule has 4 heteroatoms. The lowest BCUT2D eigenvalue weighted by Gasteiger charge is -2.38. The molecule has 2 heterocycles. The van der Waals surface area contributed by atoms with Crippen LogP contribution in [0.2, 0.25) is 0 Å². The van der Waals surface area contributed by atoms with Gasteiger partial charge in [-0.15, -0.1) is 0 Å². The van der Waals surface area contributed by atoms with Crippen molar-refractivity contribution in [2.45, 2.75) is 57.9 Å². The third-order valence-corrected chi connectivity index (χ3v) is 6.31. The number of rotatable bonds is 4. The number of piperidine rings is 1. The van der Waals surface area contributed by atoms with Crippen LogP contribution in [0.5, 0.6) is 0 Å². The number of nitrogens with zero attached hydrogens (tertiary/aromatic N) is 3. The number of benzene rings is 1. The number of aryl methyl sites for hydroxylation is 1. The van der Waals surface area contributed by atoms with E-state index >= 15 is 0 Å². The van der Waals surface area contributed by atoms with Gasteiger partial charge in [0.15, 0.2) is 0 Å². The summed E-state index contributed by atoms with van der Waals surface area (Å²) in [5.74, 6) is 1.55. The molecule has 2 aromatic rings. The highest BCUT2D eigenvalue weighted by atomic mass is 15.3. The lowest BCUT2D eigenvalue weighted by Crippen LogP contribution is -2.39. The van der Waals surface area contributed by atoms with Crippen LogP contribution in [0, 0.1) is 18.8 Å². The van der Waals surface area contributed by atoms with E-state index in [1.807, 2.05) is 10.9 Å². The zero-order valence-electron chi connectivity index (χ0n) is 16.0. The molecule has 1 aromatic carbocycles. The Morgan fingerprint density at radius 3 is 2.54 bits per heavy atom. The Labute approximate surface area is 157 Å². The van der Waals surface area contributed by atoms with Crippen molar-refractivity contribution in [1.29, 1.82) is 0 Å². The highest BCUT2D eigenvalue weighted by molar-refractivity contribution is 5.51. The summed E-state index contributed by atoms with van der Waals surface area (Å²) in [5, 5.41) is 4.40.